The van der Waals surface area contributed by atoms with Gasteiger partial charge in [0.25, 0.3) is 0 Å². The number of hydrogen-bond donors (Lipinski definition) is 0. The van der Waals surface area contributed by atoms with Gasteiger partial charge in [-0.05, 0) is 43.3 Å². The van der Waals surface area contributed by atoms with Gasteiger partial charge < -0.3 is 18.9 Å². The Balaban J connectivity index is 1.95. The molecule has 0 aromatic heterocycles. The Morgan fingerprint density at radius 2 is 1.93 bits per heavy atom. The van der Waals surface area contributed by atoms with E-state index >= 15 is 0 Å². The van der Waals surface area contributed by atoms with Crippen molar-refractivity contribution < 1.29 is 28.5 Å². The molecular weight excluding hydrogens is 416 g/mol. The first-order chi connectivity index (χ1) is 12.9. The molecule has 0 unspecified atom stereocenters. The van der Waals surface area contributed by atoms with Crippen molar-refractivity contribution in [2.75, 3.05) is 20.8 Å². The molecule has 0 saturated heterocycles. The van der Waals surface area contributed by atoms with Crippen LogP contribution >= 0.6 is 15.9 Å². The Hall–Kier alpha value is -2.64. The minimum atomic E-state index is -0.528. The summed E-state index contributed by atoms with van der Waals surface area (Å²) in [6.45, 7) is 1.56. The maximum absolute atomic E-state index is 12.7. The molecule has 1 heterocycles. The third-order valence-corrected chi connectivity index (χ3v) is 4.49. The van der Waals surface area contributed by atoms with Crippen LogP contribution in [0.3, 0.4) is 0 Å². The first-order valence-electron chi connectivity index (χ1n) is 8.05. The lowest BCUT2D eigenvalue weighted by Crippen LogP contribution is -2.14. The van der Waals surface area contributed by atoms with Crippen LogP contribution in [-0.4, -0.2) is 32.6 Å². The molecule has 0 fully saturated rings. The quantitative estimate of drug-likeness (QED) is 0.404. The fourth-order valence-corrected chi connectivity index (χ4v) is 3.09. The fraction of sp³-hybridized carbons (Fsp3) is 0.200. The summed E-state index contributed by atoms with van der Waals surface area (Å²) in [6, 6.07) is 8.63. The van der Waals surface area contributed by atoms with Crippen LogP contribution in [0.2, 0.25) is 0 Å². The lowest BCUT2D eigenvalue weighted by Gasteiger charge is -2.09. The second-order valence-corrected chi connectivity index (χ2v) is 6.71. The van der Waals surface area contributed by atoms with Gasteiger partial charge >= 0.3 is 5.97 Å². The maximum atomic E-state index is 12.7. The average molecular weight is 433 g/mol. The molecule has 6 nitrogen and oxygen atoms in total. The summed E-state index contributed by atoms with van der Waals surface area (Å²) in [5.74, 6) is 0.714. The number of esters is 1. The normalized spacial score (nSPS) is 14.1. The topological polar surface area (TPSA) is 71.1 Å². The zero-order chi connectivity index (χ0) is 19.6. The van der Waals surface area contributed by atoms with Gasteiger partial charge in [-0.15, -0.1) is 0 Å². The molecule has 0 amide bonds. The molecule has 0 saturated carbocycles. The summed E-state index contributed by atoms with van der Waals surface area (Å²) >= 11 is 3.41. The molecule has 140 valence electrons. The zero-order valence-corrected chi connectivity index (χ0v) is 16.6. The van der Waals surface area contributed by atoms with Crippen molar-refractivity contribution in [3.05, 3.63) is 57.3 Å². The number of benzene rings is 2. The summed E-state index contributed by atoms with van der Waals surface area (Å²) in [7, 11) is 2.97. The summed E-state index contributed by atoms with van der Waals surface area (Å²) in [5, 5.41) is 0. The highest BCUT2D eigenvalue weighted by atomic mass is 79.9. The highest BCUT2D eigenvalue weighted by Crippen LogP contribution is 2.40. The van der Waals surface area contributed by atoms with Crippen LogP contribution in [0.25, 0.3) is 6.08 Å². The molecule has 3 rings (SSSR count). The maximum Gasteiger partial charge on any atom is 0.337 e. The van der Waals surface area contributed by atoms with Crippen LogP contribution < -0.4 is 14.2 Å². The van der Waals surface area contributed by atoms with Gasteiger partial charge in [0.2, 0.25) is 5.78 Å². The van der Waals surface area contributed by atoms with Crippen LogP contribution in [0.4, 0.5) is 0 Å². The summed E-state index contributed by atoms with van der Waals surface area (Å²) in [5.41, 5.74) is 1.68. The van der Waals surface area contributed by atoms with Crippen LogP contribution in [-0.2, 0) is 9.53 Å². The van der Waals surface area contributed by atoms with Crippen molar-refractivity contribution in [2.24, 2.45) is 0 Å². The number of allylic oxidation sites excluding steroid dienone is 1. The van der Waals surface area contributed by atoms with Crippen molar-refractivity contribution >= 4 is 33.8 Å². The molecule has 7 heteroatoms. The molecular formula is C20H17BrO6. The lowest BCUT2D eigenvalue weighted by molar-refractivity contribution is -0.138. The summed E-state index contributed by atoms with van der Waals surface area (Å²) < 4.78 is 22.0. The second-order valence-electron chi connectivity index (χ2n) is 5.80. The fourth-order valence-electron chi connectivity index (χ4n) is 2.71. The molecule has 0 radical (unpaired) electrons. The van der Waals surface area contributed by atoms with Gasteiger partial charge in [0, 0.05) is 22.7 Å². The summed E-state index contributed by atoms with van der Waals surface area (Å²) in [4.78, 5) is 24.4. The van der Waals surface area contributed by atoms with E-state index in [1.165, 1.54) is 7.11 Å². The van der Waals surface area contributed by atoms with Gasteiger partial charge in [-0.3, -0.25) is 4.79 Å². The molecule has 2 aromatic carbocycles. The molecule has 0 aliphatic carbocycles. The minimum Gasteiger partial charge on any atom is -0.496 e. The Labute approximate surface area is 164 Å². The van der Waals surface area contributed by atoms with Gasteiger partial charge in [-0.2, -0.15) is 0 Å². The predicted molar refractivity (Wildman–Crippen MR) is 102 cm³/mol. The number of halogens is 1. The number of ether oxygens (including phenoxy) is 4. The van der Waals surface area contributed by atoms with Crippen molar-refractivity contribution in [3.63, 3.8) is 0 Å². The second kappa shape index (κ2) is 7.94. The van der Waals surface area contributed by atoms with E-state index in [9.17, 15) is 9.59 Å². The van der Waals surface area contributed by atoms with E-state index < -0.39 is 5.97 Å². The van der Waals surface area contributed by atoms with Crippen molar-refractivity contribution in [2.45, 2.75) is 6.92 Å². The number of rotatable bonds is 5. The van der Waals surface area contributed by atoms with Gasteiger partial charge in [0.1, 0.15) is 23.9 Å². The van der Waals surface area contributed by atoms with E-state index in [1.54, 1.807) is 38.3 Å². The van der Waals surface area contributed by atoms with E-state index in [-0.39, 0.29) is 18.1 Å². The van der Waals surface area contributed by atoms with E-state index in [2.05, 4.69) is 15.9 Å². The van der Waals surface area contributed by atoms with Crippen LogP contribution in [0.1, 0.15) is 21.5 Å². The van der Waals surface area contributed by atoms with Crippen LogP contribution in [0.5, 0.6) is 17.2 Å². The van der Waals surface area contributed by atoms with Gasteiger partial charge in [-0.1, -0.05) is 15.9 Å². The lowest BCUT2D eigenvalue weighted by atomic mass is 10.1. The molecule has 27 heavy (non-hydrogen) atoms. The highest BCUT2D eigenvalue weighted by Gasteiger charge is 2.30. The monoisotopic (exact) mass is 432 g/mol. The van der Waals surface area contributed by atoms with Crippen LogP contribution in [0, 0.1) is 6.92 Å². The zero-order valence-electron chi connectivity index (χ0n) is 15.0. The Bertz CT molecular complexity index is 948. The number of hydrogen-bond acceptors (Lipinski definition) is 6. The predicted octanol–water partition coefficient (Wildman–Crippen LogP) is 3.93. The number of Topliss-reactive ketones (excluding diaryl/α,β-unsaturated/α-hetero) is 1. The van der Waals surface area contributed by atoms with Gasteiger partial charge in [0.05, 0.1) is 12.7 Å². The first kappa shape index (κ1) is 19.1. The van der Waals surface area contributed by atoms with Gasteiger partial charge in [-0.25, -0.2) is 4.79 Å². The molecule has 0 atom stereocenters. The van der Waals surface area contributed by atoms with E-state index in [0.717, 1.165) is 4.47 Å². The van der Waals surface area contributed by atoms with E-state index in [4.69, 9.17) is 18.9 Å². The smallest absolute Gasteiger partial charge is 0.337 e. The third-order valence-electron chi connectivity index (χ3n) is 4.00. The number of carbonyl (C=O) groups is 2. The summed E-state index contributed by atoms with van der Waals surface area (Å²) in [6.07, 6.45) is 1.63. The molecule has 0 bridgehead atoms. The van der Waals surface area contributed by atoms with E-state index in [1.807, 2.05) is 12.1 Å². The largest absolute Gasteiger partial charge is 0.496 e. The molecule has 0 N–H and O–H groups in total. The highest BCUT2D eigenvalue weighted by molar-refractivity contribution is 9.10. The molecule has 1 aliphatic heterocycles. The van der Waals surface area contributed by atoms with Crippen LogP contribution in [0.15, 0.2) is 40.6 Å². The number of carbonyl (C=O) groups excluding carboxylic acids is 2. The molecule has 0 spiro atoms. The molecule has 2 aromatic rings. The average Bonchev–Trinajstić information content (AvgIpc) is 2.95. The van der Waals surface area contributed by atoms with E-state index in [0.29, 0.717) is 33.9 Å². The van der Waals surface area contributed by atoms with Crippen molar-refractivity contribution in [1.29, 1.82) is 0 Å². The molecule has 1 aliphatic rings. The Morgan fingerprint density at radius 1 is 1.19 bits per heavy atom. The van der Waals surface area contributed by atoms with Crippen molar-refractivity contribution in [1.82, 2.24) is 0 Å². The Kier molecular flexibility index (Phi) is 5.62. The Morgan fingerprint density at radius 3 is 2.63 bits per heavy atom. The minimum absolute atomic E-state index is 0.163. The van der Waals surface area contributed by atoms with Gasteiger partial charge in [0.15, 0.2) is 5.76 Å². The number of fused-ring (bicyclic) bond motifs is 1. The standard InChI is InChI=1S/C20H17BrO6/c1-11-15(26-18(22)10-24-2)7-5-14-19(23)17(27-20(11)14)9-12-8-13(21)4-6-16(12)25-3/h4-9H,10H2,1-3H3/b17-9-. The van der Waals surface area contributed by atoms with Crippen molar-refractivity contribution in [3.8, 4) is 17.2 Å². The first-order valence-corrected chi connectivity index (χ1v) is 8.85. The number of ketones is 1. The SMILES string of the molecule is COCC(=O)Oc1ccc2c(c1C)O/C(=C\c1cc(Br)ccc1OC)C2=O. The third kappa shape index (κ3) is 3.89. The number of methoxy groups -OCH3 is 2.